The van der Waals surface area contributed by atoms with Crippen molar-refractivity contribution in [1.82, 2.24) is 0 Å². The summed E-state index contributed by atoms with van der Waals surface area (Å²) in [5.74, 6) is 0.0991. The quantitative estimate of drug-likeness (QED) is 0.933. The van der Waals surface area contributed by atoms with E-state index in [1.165, 1.54) is 31.4 Å². The summed E-state index contributed by atoms with van der Waals surface area (Å²) in [6.45, 7) is 0. The Balaban J connectivity index is 2.37. The lowest BCUT2D eigenvalue weighted by Gasteiger charge is -2.13. The van der Waals surface area contributed by atoms with Crippen molar-refractivity contribution in [3.05, 3.63) is 54.1 Å². The van der Waals surface area contributed by atoms with Gasteiger partial charge in [-0.3, -0.25) is 4.72 Å². The molecule has 2 aromatic carbocycles. The van der Waals surface area contributed by atoms with Crippen LogP contribution in [0.3, 0.4) is 0 Å². The van der Waals surface area contributed by atoms with E-state index < -0.39 is 21.8 Å². The van der Waals surface area contributed by atoms with Crippen LogP contribution in [0.15, 0.2) is 53.4 Å². The van der Waals surface area contributed by atoms with Crippen LogP contribution in [0, 0.1) is 0 Å². The summed E-state index contributed by atoms with van der Waals surface area (Å²) in [4.78, 5) is -0.157. The highest BCUT2D eigenvalue weighted by molar-refractivity contribution is 7.92. The minimum Gasteiger partial charge on any atom is -0.495 e. The number of anilines is 1. The first-order valence-electron chi connectivity index (χ1n) is 6.07. The van der Waals surface area contributed by atoms with Crippen molar-refractivity contribution in [2.24, 2.45) is 0 Å². The van der Waals surface area contributed by atoms with Gasteiger partial charge in [0, 0.05) is 5.69 Å². The summed E-state index contributed by atoms with van der Waals surface area (Å²) in [5.41, 5.74) is -1.12. The zero-order valence-electron chi connectivity index (χ0n) is 11.4. The molecule has 0 unspecified atom stereocenters. The molecule has 0 spiro atoms. The SMILES string of the molecule is COc1ccccc1S(=O)(=O)Nc1cccc(C(F)(F)F)c1. The molecule has 0 bridgehead atoms. The van der Waals surface area contributed by atoms with Gasteiger partial charge in [-0.2, -0.15) is 13.2 Å². The molecule has 8 heteroatoms. The highest BCUT2D eigenvalue weighted by Crippen LogP contribution is 2.32. The number of sulfonamides is 1. The predicted molar refractivity (Wildman–Crippen MR) is 75.2 cm³/mol. The molecule has 0 aliphatic carbocycles. The normalized spacial score (nSPS) is 12.0. The van der Waals surface area contributed by atoms with E-state index in [1.807, 2.05) is 0 Å². The van der Waals surface area contributed by atoms with Gasteiger partial charge in [-0.05, 0) is 30.3 Å². The molecular weight excluding hydrogens is 319 g/mol. The molecule has 0 aromatic heterocycles. The second-order valence-electron chi connectivity index (χ2n) is 4.33. The van der Waals surface area contributed by atoms with Crippen molar-refractivity contribution >= 4 is 15.7 Å². The molecule has 2 rings (SSSR count). The molecule has 0 fully saturated rings. The number of rotatable bonds is 4. The Morgan fingerprint density at radius 2 is 1.73 bits per heavy atom. The lowest BCUT2D eigenvalue weighted by Crippen LogP contribution is -2.15. The average molecular weight is 331 g/mol. The van der Waals surface area contributed by atoms with Gasteiger partial charge in [0.05, 0.1) is 12.7 Å². The largest absolute Gasteiger partial charge is 0.495 e. The zero-order chi connectivity index (χ0) is 16.4. The molecule has 0 atom stereocenters. The van der Waals surface area contributed by atoms with Crippen molar-refractivity contribution in [2.75, 3.05) is 11.8 Å². The van der Waals surface area contributed by atoms with Crippen LogP contribution in [-0.2, 0) is 16.2 Å². The number of ether oxygens (including phenoxy) is 1. The van der Waals surface area contributed by atoms with Crippen molar-refractivity contribution in [3.8, 4) is 5.75 Å². The number of hydrogen-bond acceptors (Lipinski definition) is 3. The van der Waals surface area contributed by atoms with Crippen LogP contribution in [0.25, 0.3) is 0 Å². The van der Waals surface area contributed by atoms with Crippen LogP contribution in [0.2, 0.25) is 0 Å². The van der Waals surface area contributed by atoms with E-state index in [9.17, 15) is 21.6 Å². The molecule has 118 valence electrons. The molecule has 0 radical (unpaired) electrons. The van der Waals surface area contributed by atoms with Crippen molar-refractivity contribution in [2.45, 2.75) is 11.1 Å². The molecule has 0 aliphatic heterocycles. The molecule has 22 heavy (non-hydrogen) atoms. The van der Waals surface area contributed by atoms with Gasteiger partial charge in [0.25, 0.3) is 10.0 Å². The van der Waals surface area contributed by atoms with Gasteiger partial charge < -0.3 is 4.74 Å². The van der Waals surface area contributed by atoms with E-state index in [-0.39, 0.29) is 16.3 Å². The molecule has 1 N–H and O–H groups in total. The fraction of sp³-hybridized carbons (Fsp3) is 0.143. The van der Waals surface area contributed by atoms with Crippen LogP contribution in [-0.4, -0.2) is 15.5 Å². The minimum absolute atomic E-state index is 0.0991. The number of para-hydroxylation sites is 1. The van der Waals surface area contributed by atoms with Crippen LogP contribution in [0.1, 0.15) is 5.56 Å². The molecule has 0 saturated heterocycles. The molecule has 0 aliphatic rings. The van der Waals surface area contributed by atoms with Gasteiger partial charge >= 0.3 is 6.18 Å². The van der Waals surface area contributed by atoms with Crippen molar-refractivity contribution in [3.63, 3.8) is 0 Å². The van der Waals surface area contributed by atoms with Gasteiger partial charge in [-0.1, -0.05) is 18.2 Å². The third-order valence-corrected chi connectivity index (χ3v) is 4.22. The van der Waals surface area contributed by atoms with Crippen LogP contribution in [0.4, 0.5) is 18.9 Å². The number of methoxy groups -OCH3 is 1. The van der Waals surface area contributed by atoms with Crippen molar-refractivity contribution < 1.29 is 26.3 Å². The number of halogens is 3. The predicted octanol–water partition coefficient (Wildman–Crippen LogP) is 3.51. The van der Waals surface area contributed by atoms with Gasteiger partial charge in [0.15, 0.2) is 0 Å². The fourth-order valence-electron chi connectivity index (χ4n) is 1.81. The fourth-order valence-corrected chi connectivity index (χ4v) is 3.03. The van der Waals surface area contributed by atoms with Crippen LogP contribution < -0.4 is 9.46 Å². The van der Waals surface area contributed by atoms with Gasteiger partial charge in [0.2, 0.25) is 0 Å². The smallest absolute Gasteiger partial charge is 0.416 e. The maximum atomic E-state index is 12.6. The summed E-state index contributed by atoms with van der Waals surface area (Å²) in [7, 11) is -2.76. The topological polar surface area (TPSA) is 55.4 Å². The highest BCUT2D eigenvalue weighted by Gasteiger charge is 2.31. The first-order valence-corrected chi connectivity index (χ1v) is 7.55. The zero-order valence-corrected chi connectivity index (χ0v) is 12.2. The molecular formula is C14H12F3NO3S. The highest BCUT2D eigenvalue weighted by atomic mass is 32.2. The molecule has 0 saturated carbocycles. The lowest BCUT2D eigenvalue weighted by molar-refractivity contribution is -0.137. The van der Waals surface area contributed by atoms with E-state index in [1.54, 1.807) is 6.07 Å². The summed E-state index contributed by atoms with van der Waals surface area (Å²) in [6, 6.07) is 9.78. The third kappa shape index (κ3) is 3.51. The van der Waals surface area contributed by atoms with E-state index in [0.717, 1.165) is 18.2 Å². The molecule has 4 nitrogen and oxygen atoms in total. The number of nitrogens with one attached hydrogen (secondary N) is 1. The maximum Gasteiger partial charge on any atom is 0.416 e. The van der Waals surface area contributed by atoms with Gasteiger partial charge in [-0.25, -0.2) is 8.42 Å². The molecule has 2 aromatic rings. The summed E-state index contributed by atoms with van der Waals surface area (Å²) >= 11 is 0. The van der Waals surface area contributed by atoms with E-state index in [2.05, 4.69) is 4.72 Å². The average Bonchev–Trinajstić information content (AvgIpc) is 2.46. The van der Waals surface area contributed by atoms with E-state index >= 15 is 0 Å². The van der Waals surface area contributed by atoms with Crippen LogP contribution >= 0.6 is 0 Å². The Kier molecular flexibility index (Phi) is 4.32. The number of benzene rings is 2. The maximum absolute atomic E-state index is 12.6. The Morgan fingerprint density at radius 1 is 1.05 bits per heavy atom. The number of alkyl halides is 3. The summed E-state index contributed by atoms with van der Waals surface area (Å²) in [6.07, 6.45) is -4.55. The third-order valence-electron chi connectivity index (χ3n) is 2.80. The Morgan fingerprint density at radius 3 is 2.36 bits per heavy atom. The minimum atomic E-state index is -4.55. The monoisotopic (exact) mass is 331 g/mol. The Hall–Kier alpha value is -2.22. The standard InChI is InChI=1S/C14H12F3NO3S/c1-21-12-7-2-3-8-13(12)22(19,20)18-11-6-4-5-10(9-11)14(15,16)17/h2-9,18H,1H3. The number of hydrogen-bond donors (Lipinski definition) is 1. The van der Waals surface area contributed by atoms with Gasteiger partial charge in [-0.15, -0.1) is 0 Å². The molecule has 0 amide bonds. The Bertz CT molecular complexity index is 773. The first-order chi connectivity index (χ1) is 10.2. The summed E-state index contributed by atoms with van der Waals surface area (Å²) < 4.78 is 69.5. The van der Waals surface area contributed by atoms with Gasteiger partial charge in [0.1, 0.15) is 10.6 Å². The van der Waals surface area contributed by atoms with Crippen molar-refractivity contribution in [1.29, 1.82) is 0 Å². The van der Waals surface area contributed by atoms with E-state index in [0.29, 0.717) is 0 Å². The molecule has 0 heterocycles. The van der Waals surface area contributed by atoms with Crippen LogP contribution in [0.5, 0.6) is 5.75 Å². The second kappa shape index (κ2) is 5.88. The van der Waals surface area contributed by atoms with E-state index in [4.69, 9.17) is 4.74 Å². The Labute approximate surface area is 125 Å². The lowest BCUT2D eigenvalue weighted by atomic mass is 10.2. The summed E-state index contributed by atoms with van der Waals surface area (Å²) in [5, 5.41) is 0. The second-order valence-corrected chi connectivity index (χ2v) is 5.99. The first kappa shape index (κ1) is 16.2.